The van der Waals surface area contributed by atoms with Gasteiger partial charge in [-0.2, -0.15) is 0 Å². The Morgan fingerprint density at radius 2 is 1.95 bits per heavy atom. The summed E-state index contributed by atoms with van der Waals surface area (Å²) in [5.41, 5.74) is 0.996. The summed E-state index contributed by atoms with van der Waals surface area (Å²) in [6.45, 7) is 7.26. The SMILES string of the molecule is CCC(=O)Cc1cccc(NC(=O)OC(C)(C)C)c1. The maximum Gasteiger partial charge on any atom is 0.412 e. The lowest BCUT2D eigenvalue weighted by atomic mass is 10.1. The van der Waals surface area contributed by atoms with Crippen LogP contribution in [0.15, 0.2) is 24.3 Å². The van der Waals surface area contributed by atoms with E-state index >= 15 is 0 Å². The lowest BCUT2D eigenvalue weighted by Gasteiger charge is -2.19. The van der Waals surface area contributed by atoms with Crippen molar-refractivity contribution in [3.8, 4) is 0 Å². The molecule has 4 nitrogen and oxygen atoms in total. The molecule has 0 spiro atoms. The highest BCUT2D eigenvalue weighted by molar-refractivity contribution is 5.85. The molecule has 104 valence electrons. The Bertz CT molecular complexity index is 461. The second kappa shape index (κ2) is 6.36. The van der Waals surface area contributed by atoms with Crippen LogP contribution in [0.25, 0.3) is 0 Å². The summed E-state index contributed by atoms with van der Waals surface area (Å²) in [5, 5.41) is 2.66. The molecule has 4 heteroatoms. The van der Waals surface area contributed by atoms with Gasteiger partial charge < -0.3 is 4.74 Å². The number of rotatable bonds is 4. The minimum absolute atomic E-state index is 0.175. The second-order valence-electron chi connectivity index (χ2n) is 5.40. The zero-order chi connectivity index (χ0) is 14.5. The molecule has 0 radical (unpaired) electrons. The summed E-state index contributed by atoms with van der Waals surface area (Å²) in [5.74, 6) is 0.175. The molecular formula is C15H21NO3. The highest BCUT2D eigenvalue weighted by Crippen LogP contribution is 2.14. The number of ether oxygens (including phenoxy) is 1. The fourth-order valence-corrected chi connectivity index (χ4v) is 1.53. The number of Topliss-reactive ketones (excluding diaryl/α,β-unsaturated/α-hetero) is 1. The summed E-state index contributed by atoms with van der Waals surface area (Å²) in [4.78, 5) is 23.0. The monoisotopic (exact) mass is 263 g/mol. The number of hydrogen-bond donors (Lipinski definition) is 1. The van der Waals surface area contributed by atoms with Crippen molar-refractivity contribution in [3.63, 3.8) is 0 Å². The molecule has 0 aliphatic carbocycles. The van der Waals surface area contributed by atoms with Crippen LogP contribution in [-0.2, 0) is 16.0 Å². The van der Waals surface area contributed by atoms with Crippen LogP contribution in [0.2, 0.25) is 0 Å². The predicted molar refractivity (Wildman–Crippen MR) is 75.3 cm³/mol. The van der Waals surface area contributed by atoms with Crippen LogP contribution in [-0.4, -0.2) is 17.5 Å². The number of carbonyl (C=O) groups excluding carboxylic acids is 2. The van der Waals surface area contributed by atoms with Gasteiger partial charge in [0.2, 0.25) is 0 Å². The molecule has 0 saturated heterocycles. The number of amides is 1. The zero-order valence-corrected chi connectivity index (χ0v) is 11.9. The fraction of sp³-hybridized carbons (Fsp3) is 0.467. The number of hydrogen-bond acceptors (Lipinski definition) is 3. The van der Waals surface area contributed by atoms with Gasteiger partial charge in [0.05, 0.1) is 0 Å². The van der Waals surface area contributed by atoms with Crippen LogP contribution in [0.5, 0.6) is 0 Å². The Labute approximate surface area is 114 Å². The first-order chi connectivity index (χ1) is 8.80. The molecule has 1 aromatic carbocycles. The van der Waals surface area contributed by atoms with Gasteiger partial charge in [-0.15, -0.1) is 0 Å². The maximum atomic E-state index is 11.6. The van der Waals surface area contributed by atoms with E-state index < -0.39 is 11.7 Å². The summed E-state index contributed by atoms with van der Waals surface area (Å²) >= 11 is 0. The van der Waals surface area contributed by atoms with Crippen molar-refractivity contribution < 1.29 is 14.3 Å². The molecule has 0 atom stereocenters. The van der Waals surface area contributed by atoms with E-state index in [1.54, 1.807) is 12.1 Å². The number of benzene rings is 1. The summed E-state index contributed by atoms with van der Waals surface area (Å²) in [6.07, 6.45) is 0.413. The number of ketones is 1. The molecule has 0 bridgehead atoms. The van der Waals surface area contributed by atoms with E-state index in [2.05, 4.69) is 5.32 Å². The number of carbonyl (C=O) groups is 2. The van der Waals surface area contributed by atoms with Crippen LogP contribution in [0.4, 0.5) is 10.5 Å². The average molecular weight is 263 g/mol. The van der Waals surface area contributed by atoms with Crippen molar-refractivity contribution in [2.24, 2.45) is 0 Å². The molecule has 1 rings (SSSR count). The van der Waals surface area contributed by atoms with Gasteiger partial charge in [0.15, 0.2) is 0 Å². The third kappa shape index (κ3) is 6.04. The summed E-state index contributed by atoms with van der Waals surface area (Å²) in [7, 11) is 0. The van der Waals surface area contributed by atoms with E-state index in [9.17, 15) is 9.59 Å². The van der Waals surface area contributed by atoms with E-state index in [1.807, 2.05) is 39.8 Å². The molecule has 0 saturated carbocycles. The van der Waals surface area contributed by atoms with Crippen molar-refractivity contribution in [3.05, 3.63) is 29.8 Å². The highest BCUT2D eigenvalue weighted by Gasteiger charge is 2.16. The maximum absolute atomic E-state index is 11.6. The van der Waals surface area contributed by atoms with Gasteiger partial charge in [-0.05, 0) is 38.5 Å². The quantitative estimate of drug-likeness (QED) is 0.903. The molecule has 0 aliphatic rings. The molecule has 0 aliphatic heterocycles. The van der Waals surface area contributed by atoms with Gasteiger partial charge in [-0.1, -0.05) is 19.1 Å². The minimum Gasteiger partial charge on any atom is -0.444 e. The van der Waals surface area contributed by atoms with Crippen LogP contribution < -0.4 is 5.32 Å². The standard InChI is InChI=1S/C15H21NO3/c1-5-13(17)10-11-7-6-8-12(9-11)16-14(18)19-15(2,3)4/h6-9H,5,10H2,1-4H3,(H,16,18). The van der Waals surface area contributed by atoms with E-state index in [-0.39, 0.29) is 5.78 Å². The highest BCUT2D eigenvalue weighted by atomic mass is 16.6. The van der Waals surface area contributed by atoms with Gasteiger partial charge in [0, 0.05) is 18.5 Å². The molecule has 0 heterocycles. The first-order valence-electron chi connectivity index (χ1n) is 6.41. The number of anilines is 1. The van der Waals surface area contributed by atoms with E-state index in [0.717, 1.165) is 5.56 Å². The van der Waals surface area contributed by atoms with E-state index in [1.165, 1.54) is 0 Å². The Morgan fingerprint density at radius 1 is 1.26 bits per heavy atom. The Morgan fingerprint density at radius 3 is 2.53 bits per heavy atom. The normalized spacial score (nSPS) is 10.9. The van der Waals surface area contributed by atoms with Crippen LogP contribution >= 0.6 is 0 Å². The lowest BCUT2D eigenvalue weighted by Crippen LogP contribution is -2.27. The van der Waals surface area contributed by atoms with Gasteiger partial charge in [0.1, 0.15) is 11.4 Å². The van der Waals surface area contributed by atoms with E-state index in [0.29, 0.717) is 18.5 Å². The van der Waals surface area contributed by atoms with Gasteiger partial charge in [-0.3, -0.25) is 10.1 Å². The molecule has 0 fully saturated rings. The van der Waals surface area contributed by atoms with Crippen LogP contribution in [0.3, 0.4) is 0 Å². The van der Waals surface area contributed by atoms with Crippen LogP contribution in [0.1, 0.15) is 39.7 Å². The molecule has 1 aromatic rings. The van der Waals surface area contributed by atoms with Crippen molar-refractivity contribution in [2.75, 3.05) is 5.32 Å². The zero-order valence-electron chi connectivity index (χ0n) is 11.9. The lowest BCUT2D eigenvalue weighted by molar-refractivity contribution is -0.118. The fourth-order valence-electron chi connectivity index (χ4n) is 1.53. The van der Waals surface area contributed by atoms with Crippen molar-refractivity contribution in [1.82, 2.24) is 0 Å². The molecule has 1 N–H and O–H groups in total. The Hall–Kier alpha value is -1.84. The smallest absolute Gasteiger partial charge is 0.412 e. The largest absolute Gasteiger partial charge is 0.444 e. The van der Waals surface area contributed by atoms with Gasteiger partial charge >= 0.3 is 6.09 Å². The first kappa shape index (κ1) is 15.2. The Balaban J connectivity index is 2.67. The molecule has 0 aromatic heterocycles. The van der Waals surface area contributed by atoms with Crippen molar-refractivity contribution >= 4 is 17.6 Å². The molecule has 1 amide bonds. The van der Waals surface area contributed by atoms with E-state index in [4.69, 9.17) is 4.74 Å². The third-order valence-corrected chi connectivity index (χ3v) is 2.37. The van der Waals surface area contributed by atoms with Crippen molar-refractivity contribution in [2.45, 2.75) is 46.1 Å². The molecular weight excluding hydrogens is 242 g/mol. The van der Waals surface area contributed by atoms with Gasteiger partial charge in [0.25, 0.3) is 0 Å². The summed E-state index contributed by atoms with van der Waals surface area (Å²) < 4.78 is 5.17. The summed E-state index contributed by atoms with van der Waals surface area (Å²) in [6, 6.07) is 7.24. The minimum atomic E-state index is -0.528. The second-order valence-corrected chi connectivity index (χ2v) is 5.40. The molecule has 0 unspecified atom stereocenters. The average Bonchev–Trinajstić information content (AvgIpc) is 2.26. The molecule has 19 heavy (non-hydrogen) atoms. The Kier molecular flexibility index (Phi) is 5.10. The van der Waals surface area contributed by atoms with Crippen LogP contribution in [0, 0.1) is 0 Å². The van der Waals surface area contributed by atoms with Gasteiger partial charge in [-0.25, -0.2) is 4.79 Å². The first-order valence-corrected chi connectivity index (χ1v) is 6.41. The number of nitrogens with one attached hydrogen (secondary N) is 1. The topological polar surface area (TPSA) is 55.4 Å². The predicted octanol–water partition coefficient (Wildman–Crippen LogP) is 3.56. The third-order valence-electron chi connectivity index (χ3n) is 2.37. The van der Waals surface area contributed by atoms with Crippen molar-refractivity contribution in [1.29, 1.82) is 0 Å².